The minimum absolute atomic E-state index is 0.148. The first-order valence-electron chi connectivity index (χ1n) is 6.90. The van der Waals surface area contributed by atoms with E-state index in [9.17, 15) is 4.79 Å². The third-order valence-electron chi connectivity index (χ3n) is 3.78. The van der Waals surface area contributed by atoms with Crippen LogP contribution >= 0.6 is 12.2 Å². The van der Waals surface area contributed by atoms with Crippen LogP contribution in [0.3, 0.4) is 0 Å². The summed E-state index contributed by atoms with van der Waals surface area (Å²) in [4.78, 5) is 16.2. The number of hydrogen-bond donors (Lipinski definition) is 1. The van der Waals surface area contributed by atoms with Crippen LogP contribution in [0.5, 0.6) is 0 Å². The lowest BCUT2D eigenvalue weighted by atomic mass is 10.0. The average Bonchev–Trinajstić information content (AvgIpc) is 2.45. The van der Waals surface area contributed by atoms with Gasteiger partial charge in [0.2, 0.25) is 5.91 Å². The Morgan fingerprint density at radius 2 is 1.85 bits per heavy atom. The molecule has 1 aliphatic rings. The highest BCUT2D eigenvalue weighted by Gasteiger charge is 2.26. The number of benzene rings is 1. The normalized spacial score (nSPS) is 17.8. The Kier molecular flexibility index (Phi) is 5.09. The summed E-state index contributed by atoms with van der Waals surface area (Å²) in [6, 6.07) is 10.5. The molecular formula is C15H21N3OS. The summed E-state index contributed by atoms with van der Waals surface area (Å²) in [7, 11) is 0. The number of hydrogen-bond acceptors (Lipinski definition) is 3. The highest BCUT2D eigenvalue weighted by Crippen LogP contribution is 2.25. The second-order valence-electron chi connectivity index (χ2n) is 5.14. The maximum atomic E-state index is 11.4. The van der Waals surface area contributed by atoms with Crippen molar-refractivity contribution in [1.29, 1.82) is 0 Å². The molecule has 1 unspecified atom stereocenters. The number of carbonyl (C=O) groups is 1. The zero-order chi connectivity index (χ0) is 14.5. The largest absolute Gasteiger partial charge is 0.393 e. The number of thiocarbonyl (C=S) groups is 1. The Morgan fingerprint density at radius 3 is 2.35 bits per heavy atom. The van der Waals surface area contributed by atoms with Crippen molar-refractivity contribution in [3.63, 3.8) is 0 Å². The molecule has 0 radical (unpaired) electrons. The van der Waals surface area contributed by atoms with Crippen molar-refractivity contribution in [2.45, 2.75) is 19.4 Å². The lowest BCUT2D eigenvalue weighted by Gasteiger charge is -2.39. The quantitative estimate of drug-likeness (QED) is 0.856. The molecule has 1 atom stereocenters. The Labute approximate surface area is 125 Å². The standard InChI is InChI=1S/C15H21N3OS/c1-12(19)17-7-9-18(10-8-17)14(11-15(16)20)13-5-3-2-4-6-13/h2-6,14H,7-11H2,1H3,(H2,16,20). The van der Waals surface area contributed by atoms with Crippen LogP contribution in [0.2, 0.25) is 0 Å². The SMILES string of the molecule is CC(=O)N1CCN(C(CC(N)=S)c2ccccc2)CC1. The van der Waals surface area contributed by atoms with Gasteiger partial charge in [-0.15, -0.1) is 0 Å². The molecular weight excluding hydrogens is 270 g/mol. The minimum Gasteiger partial charge on any atom is -0.393 e. The van der Waals surface area contributed by atoms with Gasteiger partial charge in [-0.25, -0.2) is 0 Å². The first-order valence-corrected chi connectivity index (χ1v) is 7.31. The Hall–Kier alpha value is -1.46. The minimum atomic E-state index is 0.148. The van der Waals surface area contributed by atoms with E-state index in [4.69, 9.17) is 18.0 Å². The van der Waals surface area contributed by atoms with E-state index in [1.165, 1.54) is 5.56 Å². The van der Waals surface area contributed by atoms with Crippen molar-refractivity contribution in [1.82, 2.24) is 9.80 Å². The molecule has 0 saturated carbocycles. The van der Waals surface area contributed by atoms with Crippen molar-refractivity contribution in [2.24, 2.45) is 5.73 Å². The third kappa shape index (κ3) is 3.77. The van der Waals surface area contributed by atoms with Crippen LogP contribution in [0.4, 0.5) is 0 Å². The van der Waals surface area contributed by atoms with E-state index in [1.54, 1.807) is 6.92 Å². The van der Waals surface area contributed by atoms with E-state index in [0.29, 0.717) is 11.4 Å². The number of piperazine rings is 1. The lowest BCUT2D eigenvalue weighted by Crippen LogP contribution is -2.49. The van der Waals surface area contributed by atoms with Gasteiger partial charge in [0.05, 0.1) is 4.99 Å². The fourth-order valence-corrected chi connectivity index (χ4v) is 2.83. The molecule has 1 aromatic rings. The summed E-state index contributed by atoms with van der Waals surface area (Å²) >= 11 is 5.09. The van der Waals surface area contributed by atoms with Crippen LogP contribution in [0.25, 0.3) is 0 Å². The van der Waals surface area contributed by atoms with Gasteiger partial charge >= 0.3 is 0 Å². The number of rotatable bonds is 4. The number of nitrogens with zero attached hydrogens (tertiary/aromatic N) is 2. The van der Waals surface area contributed by atoms with Gasteiger partial charge in [0.1, 0.15) is 0 Å². The maximum absolute atomic E-state index is 11.4. The molecule has 4 nitrogen and oxygen atoms in total. The van der Waals surface area contributed by atoms with Crippen LogP contribution in [-0.2, 0) is 4.79 Å². The summed E-state index contributed by atoms with van der Waals surface area (Å²) in [5.74, 6) is 0.148. The van der Waals surface area contributed by atoms with Crippen LogP contribution in [-0.4, -0.2) is 46.9 Å². The smallest absolute Gasteiger partial charge is 0.219 e. The van der Waals surface area contributed by atoms with Gasteiger partial charge in [0.25, 0.3) is 0 Å². The molecule has 0 bridgehead atoms. The molecule has 2 rings (SSSR count). The van der Waals surface area contributed by atoms with Crippen LogP contribution in [0.1, 0.15) is 24.9 Å². The monoisotopic (exact) mass is 291 g/mol. The molecule has 5 heteroatoms. The molecule has 1 aliphatic heterocycles. The fraction of sp³-hybridized carbons (Fsp3) is 0.467. The van der Waals surface area contributed by atoms with Crippen molar-refractivity contribution in [3.8, 4) is 0 Å². The van der Waals surface area contributed by atoms with E-state index < -0.39 is 0 Å². The highest BCUT2D eigenvalue weighted by atomic mass is 32.1. The summed E-state index contributed by atoms with van der Waals surface area (Å²) in [6.07, 6.45) is 0.680. The number of amides is 1. The molecule has 1 aromatic carbocycles. The number of carbonyl (C=O) groups excluding carboxylic acids is 1. The van der Waals surface area contributed by atoms with Crippen LogP contribution < -0.4 is 5.73 Å². The lowest BCUT2D eigenvalue weighted by molar-refractivity contribution is -0.130. The third-order valence-corrected chi connectivity index (χ3v) is 3.95. The van der Waals surface area contributed by atoms with Gasteiger partial charge in [0, 0.05) is 45.6 Å². The van der Waals surface area contributed by atoms with Gasteiger partial charge in [-0.2, -0.15) is 0 Å². The molecule has 0 spiro atoms. The molecule has 20 heavy (non-hydrogen) atoms. The van der Waals surface area contributed by atoms with E-state index in [0.717, 1.165) is 26.2 Å². The van der Waals surface area contributed by atoms with Gasteiger partial charge in [0.15, 0.2) is 0 Å². The highest BCUT2D eigenvalue weighted by molar-refractivity contribution is 7.80. The molecule has 1 amide bonds. The first-order chi connectivity index (χ1) is 9.58. The second kappa shape index (κ2) is 6.81. The van der Waals surface area contributed by atoms with Crippen LogP contribution in [0.15, 0.2) is 30.3 Å². The molecule has 1 fully saturated rings. The predicted molar refractivity (Wildman–Crippen MR) is 84.4 cm³/mol. The first kappa shape index (κ1) is 14.9. The Balaban J connectivity index is 2.09. The summed E-state index contributed by atoms with van der Waals surface area (Å²) in [5.41, 5.74) is 6.99. The van der Waals surface area contributed by atoms with E-state index in [2.05, 4.69) is 17.0 Å². The summed E-state index contributed by atoms with van der Waals surface area (Å²) in [6.45, 7) is 4.90. The topological polar surface area (TPSA) is 49.6 Å². The Bertz CT molecular complexity index is 469. The molecule has 108 valence electrons. The van der Waals surface area contributed by atoms with Gasteiger partial charge in [-0.3, -0.25) is 9.69 Å². The van der Waals surface area contributed by atoms with Crippen molar-refractivity contribution >= 4 is 23.1 Å². The fourth-order valence-electron chi connectivity index (χ4n) is 2.67. The Morgan fingerprint density at radius 1 is 1.25 bits per heavy atom. The van der Waals surface area contributed by atoms with E-state index >= 15 is 0 Å². The zero-order valence-electron chi connectivity index (χ0n) is 11.8. The second-order valence-corrected chi connectivity index (χ2v) is 5.66. The average molecular weight is 291 g/mol. The predicted octanol–water partition coefficient (Wildman–Crippen LogP) is 1.57. The van der Waals surface area contributed by atoms with Crippen LogP contribution in [0, 0.1) is 0 Å². The molecule has 2 N–H and O–H groups in total. The van der Waals surface area contributed by atoms with Gasteiger partial charge < -0.3 is 10.6 Å². The van der Waals surface area contributed by atoms with Gasteiger partial charge in [-0.05, 0) is 5.56 Å². The zero-order valence-corrected chi connectivity index (χ0v) is 12.6. The molecule has 1 heterocycles. The van der Waals surface area contributed by atoms with Gasteiger partial charge in [-0.1, -0.05) is 42.5 Å². The van der Waals surface area contributed by atoms with Crippen molar-refractivity contribution in [3.05, 3.63) is 35.9 Å². The molecule has 1 saturated heterocycles. The van der Waals surface area contributed by atoms with E-state index in [1.807, 2.05) is 23.1 Å². The summed E-state index contributed by atoms with van der Waals surface area (Å²) in [5, 5.41) is 0. The maximum Gasteiger partial charge on any atom is 0.219 e. The molecule has 0 aliphatic carbocycles. The summed E-state index contributed by atoms with van der Waals surface area (Å²) < 4.78 is 0. The van der Waals surface area contributed by atoms with Crippen molar-refractivity contribution < 1.29 is 4.79 Å². The molecule has 0 aromatic heterocycles. The van der Waals surface area contributed by atoms with Crippen molar-refractivity contribution in [2.75, 3.05) is 26.2 Å². The van der Waals surface area contributed by atoms with E-state index in [-0.39, 0.29) is 11.9 Å². The number of nitrogens with two attached hydrogens (primary N) is 1.